The van der Waals surface area contributed by atoms with Crippen LogP contribution in [0.15, 0.2) is 11.2 Å². The SMILES string of the molecule is CNCC1CCN(S(=O)(=O)c2nnc(Nc3c4c(cc5c3CCC5)CCC4)[nH]2)C1. The molecule has 1 saturated heterocycles. The van der Waals surface area contributed by atoms with E-state index in [1.807, 2.05) is 7.05 Å². The second kappa shape index (κ2) is 7.37. The summed E-state index contributed by atoms with van der Waals surface area (Å²) in [4.78, 5) is 2.93. The molecule has 2 heterocycles. The average molecular weight is 417 g/mol. The lowest BCUT2D eigenvalue weighted by Crippen LogP contribution is -2.31. The number of hydrogen-bond donors (Lipinski definition) is 3. The zero-order valence-corrected chi connectivity index (χ0v) is 17.6. The number of H-pyrrole nitrogens is 1. The summed E-state index contributed by atoms with van der Waals surface area (Å²) in [5.41, 5.74) is 6.70. The van der Waals surface area contributed by atoms with Crippen LogP contribution in [0.25, 0.3) is 0 Å². The van der Waals surface area contributed by atoms with Gasteiger partial charge in [0.05, 0.1) is 0 Å². The summed E-state index contributed by atoms with van der Waals surface area (Å²) in [5, 5.41) is 14.5. The van der Waals surface area contributed by atoms with Crippen molar-refractivity contribution >= 4 is 21.7 Å². The monoisotopic (exact) mass is 416 g/mol. The van der Waals surface area contributed by atoms with E-state index in [0.29, 0.717) is 25.0 Å². The van der Waals surface area contributed by atoms with Crippen molar-refractivity contribution in [2.75, 3.05) is 32.0 Å². The average Bonchev–Trinajstić information content (AvgIpc) is 3.48. The number of fused-ring (bicyclic) bond motifs is 2. The minimum atomic E-state index is -3.65. The van der Waals surface area contributed by atoms with Crippen molar-refractivity contribution in [3.8, 4) is 0 Å². The van der Waals surface area contributed by atoms with Gasteiger partial charge in [0.1, 0.15) is 0 Å². The third-order valence-corrected chi connectivity index (χ3v) is 8.19. The summed E-state index contributed by atoms with van der Waals surface area (Å²) in [6, 6.07) is 2.38. The van der Waals surface area contributed by atoms with E-state index in [9.17, 15) is 8.42 Å². The third kappa shape index (κ3) is 3.35. The summed E-state index contributed by atoms with van der Waals surface area (Å²) in [5.74, 6) is 0.744. The van der Waals surface area contributed by atoms with E-state index in [-0.39, 0.29) is 5.16 Å². The van der Waals surface area contributed by atoms with Crippen molar-refractivity contribution in [1.82, 2.24) is 24.8 Å². The maximum atomic E-state index is 13.0. The van der Waals surface area contributed by atoms with Crippen molar-refractivity contribution in [3.05, 3.63) is 28.3 Å². The van der Waals surface area contributed by atoms with E-state index in [1.54, 1.807) is 0 Å². The highest BCUT2D eigenvalue weighted by Gasteiger charge is 2.34. The molecular formula is C20H28N6O2S. The Labute approximate surface area is 171 Å². The fourth-order valence-corrected chi connectivity index (χ4v) is 6.46. The number of benzene rings is 1. The highest BCUT2D eigenvalue weighted by atomic mass is 32.2. The minimum absolute atomic E-state index is 0.0747. The van der Waals surface area contributed by atoms with E-state index in [0.717, 1.165) is 44.3 Å². The Bertz CT molecular complexity index is 1000. The molecule has 1 unspecified atom stereocenters. The first kappa shape index (κ1) is 19.0. The van der Waals surface area contributed by atoms with Crippen LogP contribution in [0.4, 0.5) is 11.6 Å². The molecule has 2 aliphatic carbocycles. The fraction of sp³-hybridized carbons (Fsp3) is 0.600. The summed E-state index contributed by atoms with van der Waals surface area (Å²) >= 11 is 0. The molecule has 0 spiro atoms. The Morgan fingerprint density at radius 1 is 1.14 bits per heavy atom. The van der Waals surface area contributed by atoms with Crippen LogP contribution in [0.5, 0.6) is 0 Å². The molecule has 1 aromatic carbocycles. The van der Waals surface area contributed by atoms with Crippen molar-refractivity contribution in [1.29, 1.82) is 0 Å². The van der Waals surface area contributed by atoms with Crippen LogP contribution in [-0.2, 0) is 35.7 Å². The molecule has 9 heteroatoms. The lowest BCUT2D eigenvalue weighted by Gasteiger charge is -2.15. The highest BCUT2D eigenvalue weighted by molar-refractivity contribution is 7.89. The van der Waals surface area contributed by atoms with Crippen LogP contribution in [-0.4, -0.2) is 54.6 Å². The van der Waals surface area contributed by atoms with Crippen LogP contribution < -0.4 is 10.6 Å². The topological polar surface area (TPSA) is 103 Å². The van der Waals surface area contributed by atoms with Crippen molar-refractivity contribution in [3.63, 3.8) is 0 Å². The largest absolute Gasteiger partial charge is 0.324 e. The maximum Gasteiger partial charge on any atom is 0.278 e. The molecule has 156 valence electrons. The molecule has 5 rings (SSSR count). The lowest BCUT2D eigenvalue weighted by molar-refractivity contribution is 0.446. The molecule has 8 nitrogen and oxygen atoms in total. The number of aromatic amines is 1. The maximum absolute atomic E-state index is 13.0. The van der Waals surface area contributed by atoms with Crippen LogP contribution in [0.2, 0.25) is 0 Å². The summed E-state index contributed by atoms with van der Waals surface area (Å²) in [6.07, 6.45) is 7.57. The van der Waals surface area contributed by atoms with Crippen LogP contribution in [0.1, 0.15) is 41.5 Å². The van der Waals surface area contributed by atoms with E-state index >= 15 is 0 Å². The van der Waals surface area contributed by atoms with Crippen molar-refractivity contribution < 1.29 is 8.42 Å². The second-order valence-corrected chi connectivity index (χ2v) is 10.3. The van der Waals surface area contributed by atoms with Gasteiger partial charge in [-0.1, -0.05) is 6.07 Å². The van der Waals surface area contributed by atoms with Gasteiger partial charge in [-0.25, -0.2) is 8.42 Å². The van der Waals surface area contributed by atoms with Gasteiger partial charge in [0.2, 0.25) is 5.95 Å². The molecular weight excluding hydrogens is 388 g/mol. The summed E-state index contributed by atoms with van der Waals surface area (Å²) < 4.78 is 27.4. The number of anilines is 2. The minimum Gasteiger partial charge on any atom is -0.324 e. The van der Waals surface area contributed by atoms with E-state index in [1.165, 1.54) is 39.4 Å². The first-order valence-electron chi connectivity index (χ1n) is 10.6. The number of nitrogens with one attached hydrogen (secondary N) is 3. The molecule has 0 amide bonds. The van der Waals surface area contributed by atoms with Crippen molar-refractivity contribution in [2.45, 2.75) is 50.1 Å². The predicted molar refractivity (Wildman–Crippen MR) is 111 cm³/mol. The van der Waals surface area contributed by atoms with Gasteiger partial charge in [-0.2, -0.15) is 4.31 Å². The van der Waals surface area contributed by atoms with Crippen LogP contribution >= 0.6 is 0 Å². The zero-order valence-electron chi connectivity index (χ0n) is 16.8. The molecule has 1 aliphatic heterocycles. The van der Waals surface area contributed by atoms with Crippen LogP contribution in [0, 0.1) is 5.92 Å². The molecule has 3 N–H and O–H groups in total. The fourth-order valence-electron chi connectivity index (χ4n) is 5.10. The Morgan fingerprint density at radius 2 is 1.86 bits per heavy atom. The lowest BCUT2D eigenvalue weighted by atomic mass is 9.99. The molecule has 1 fully saturated rings. The summed E-state index contributed by atoms with van der Waals surface area (Å²) in [6.45, 7) is 1.86. The molecule has 1 atom stereocenters. The van der Waals surface area contributed by atoms with Gasteiger partial charge in [-0.15, -0.1) is 10.2 Å². The van der Waals surface area contributed by atoms with E-state index in [4.69, 9.17) is 0 Å². The van der Waals surface area contributed by atoms with Gasteiger partial charge in [0.25, 0.3) is 15.2 Å². The molecule has 0 radical (unpaired) electrons. The van der Waals surface area contributed by atoms with E-state index < -0.39 is 10.0 Å². The third-order valence-electron chi connectivity index (χ3n) is 6.51. The van der Waals surface area contributed by atoms with Gasteiger partial charge in [-0.3, -0.25) is 4.98 Å². The molecule has 29 heavy (non-hydrogen) atoms. The molecule has 0 saturated carbocycles. The van der Waals surface area contributed by atoms with Gasteiger partial charge in [0.15, 0.2) is 0 Å². The zero-order chi connectivity index (χ0) is 20.0. The number of rotatable bonds is 6. The van der Waals surface area contributed by atoms with Crippen LogP contribution in [0.3, 0.4) is 0 Å². The Morgan fingerprint density at radius 3 is 2.55 bits per heavy atom. The second-order valence-electron chi connectivity index (χ2n) is 8.41. The Balaban J connectivity index is 1.40. The number of sulfonamides is 1. The first-order chi connectivity index (χ1) is 14.1. The smallest absolute Gasteiger partial charge is 0.278 e. The first-order valence-corrected chi connectivity index (χ1v) is 12.0. The molecule has 0 bridgehead atoms. The molecule has 2 aromatic rings. The number of aromatic nitrogens is 3. The van der Waals surface area contributed by atoms with Gasteiger partial charge >= 0.3 is 0 Å². The normalized spacial score (nSPS) is 21.5. The highest BCUT2D eigenvalue weighted by Crippen LogP contribution is 2.39. The van der Waals surface area contributed by atoms with Gasteiger partial charge in [0, 0.05) is 18.8 Å². The predicted octanol–water partition coefficient (Wildman–Crippen LogP) is 1.76. The quantitative estimate of drug-likeness (QED) is 0.663. The van der Waals surface area contributed by atoms with Gasteiger partial charge in [-0.05, 0) is 86.7 Å². The van der Waals surface area contributed by atoms with Gasteiger partial charge < -0.3 is 10.6 Å². The number of aryl methyl sites for hydroxylation is 2. The van der Waals surface area contributed by atoms with Crippen molar-refractivity contribution in [2.24, 2.45) is 5.92 Å². The Hall–Kier alpha value is -1.97. The standard InChI is InChI=1S/C20H28N6O2S/c1-21-11-13-8-9-26(12-13)29(27,28)20-23-19(24-25-20)22-18-16-6-2-4-14(16)10-15-5-3-7-17(15)18/h10,13,21H,2-9,11-12H2,1H3,(H2,22,23,24,25). The van der Waals surface area contributed by atoms with E-state index in [2.05, 4.69) is 31.9 Å². The number of hydrogen-bond acceptors (Lipinski definition) is 6. The molecule has 3 aliphatic rings. The number of nitrogens with zero attached hydrogens (tertiary/aromatic N) is 3. The Kier molecular flexibility index (Phi) is 4.84. The summed E-state index contributed by atoms with van der Waals surface area (Å²) in [7, 11) is -1.76. The molecule has 1 aromatic heterocycles.